The Bertz CT molecular complexity index is 1970. The third-order valence-electron chi connectivity index (χ3n) is 8.97. The Morgan fingerprint density at radius 1 is 0.429 bits per heavy atom. The van der Waals surface area contributed by atoms with E-state index in [2.05, 4.69) is 229 Å². The zero-order chi connectivity index (χ0) is 34.8. The van der Waals surface area contributed by atoms with E-state index in [0.717, 1.165) is 43.8 Å². The van der Waals surface area contributed by atoms with Crippen molar-refractivity contribution in [3.63, 3.8) is 0 Å². The number of nitrogens with zero attached hydrogens (tertiary/aromatic N) is 2. The van der Waals surface area contributed by atoms with Gasteiger partial charge in [-0.25, -0.2) is 0 Å². The van der Waals surface area contributed by atoms with Crippen molar-refractivity contribution in [2.45, 2.75) is 53.4 Å². The first kappa shape index (κ1) is 34.7. The number of hydrogen-bond acceptors (Lipinski definition) is 2. The molecule has 5 aromatic rings. The molecule has 0 aromatic heterocycles. The minimum Gasteiger partial charge on any atom is -0.311 e. The van der Waals surface area contributed by atoms with Gasteiger partial charge in [0.1, 0.15) is 0 Å². The summed E-state index contributed by atoms with van der Waals surface area (Å²) in [4.78, 5) is 4.66. The molecule has 0 N–H and O–H groups in total. The van der Waals surface area contributed by atoms with Gasteiger partial charge in [-0.2, -0.15) is 0 Å². The molecule has 1 aliphatic carbocycles. The maximum Gasteiger partial charge on any atom is 0.0462 e. The summed E-state index contributed by atoms with van der Waals surface area (Å²) in [5, 5.41) is 0. The summed E-state index contributed by atoms with van der Waals surface area (Å²) in [5.74, 6) is 0. The lowest BCUT2D eigenvalue weighted by atomic mass is 9.86. The second-order valence-electron chi connectivity index (χ2n) is 14.6. The molecule has 0 saturated heterocycles. The molecule has 0 atom stereocenters. The number of rotatable bonds is 7. The number of benzene rings is 5. The van der Waals surface area contributed by atoms with Crippen LogP contribution >= 0.6 is 31.9 Å². The normalized spacial score (nSPS) is 13.4. The molecule has 0 radical (unpaired) electrons. The highest BCUT2D eigenvalue weighted by Crippen LogP contribution is 2.39. The Balaban J connectivity index is 1.31. The van der Waals surface area contributed by atoms with Gasteiger partial charge in [-0.1, -0.05) is 128 Å². The lowest BCUT2D eigenvalue weighted by Crippen LogP contribution is -2.15. The van der Waals surface area contributed by atoms with Crippen LogP contribution in [0.1, 0.15) is 53.5 Å². The minimum atomic E-state index is 0.101. The predicted octanol–water partition coefficient (Wildman–Crippen LogP) is 14.6. The molecule has 1 aliphatic rings. The van der Waals surface area contributed by atoms with E-state index in [9.17, 15) is 0 Å². The molecule has 0 heterocycles. The van der Waals surface area contributed by atoms with Crippen LogP contribution in [-0.2, 0) is 5.41 Å². The zero-order valence-electron chi connectivity index (χ0n) is 29.2. The molecule has 2 nitrogen and oxygen atoms in total. The standard InChI is InChI=1S/C45H44Br2N2/c1-44(2,3)34-8-7-9-38(25-14-34)48(42-28-17-36(46)18-29-42)39-21-10-32(11-22-39)33-12-23-40(24-13-33)49(43-30-19-37(47)20-31-43)41-26-15-35(16-27-41)45(4,5)6/h8-31H,7H2,1-6H3. The van der Waals surface area contributed by atoms with E-state index >= 15 is 0 Å². The summed E-state index contributed by atoms with van der Waals surface area (Å²) >= 11 is 7.22. The number of allylic oxidation sites excluding steroid dienone is 5. The van der Waals surface area contributed by atoms with Crippen LogP contribution < -0.4 is 9.80 Å². The Kier molecular flexibility index (Phi) is 10.2. The van der Waals surface area contributed by atoms with Gasteiger partial charge in [0.25, 0.3) is 0 Å². The van der Waals surface area contributed by atoms with Crippen molar-refractivity contribution in [3.8, 4) is 11.1 Å². The third kappa shape index (κ3) is 8.20. The molecule has 0 fully saturated rings. The Labute approximate surface area is 309 Å². The third-order valence-corrected chi connectivity index (χ3v) is 10.0. The molecule has 49 heavy (non-hydrogen) atoms. The quantitative estimate of drug-likeness (QED) is 0.163. The lowest BCUT2D eigenvalue weighted by molar-refractivity contribution is 0.515. The van der Waals surface area contributed by atoms with Crippen molar-refractivity contribution in [1.82, 2.24) is 0 Å². The van der Waals surface area contributed by atoms with Crippen molar-refractivity contribution in [2.24, 2.45) is 5.41 Å². The summed E-state index contributed by atoms with van der Waals surface area (Å²) in [6, 6.07) is 43.8. The van der Waals surface area contributed by atoms with Crippen LogP contribution in [0.2, 0.25) is 0 Å². The first-order valence-corrected chi connectivity index (χ1v) is 18.5. The van der Waals surface area contributed by atoms with Crippen LogP contribution in [0.25, 0.3) is 11.1 Å². The predicted molar refractivity (Wildman–Crippen MR) is 219 cm³/mol. The van der Waals surface area contributed by atoms with Gasteiger partial charge < -0.3 is 9.80 Å². The van der Waals surface area contributed by atoms with Gasteiger partial charge in [-0.15, -0.1) is 0 Å². The van der Waals surface area contributed by atoms with E-state index in [0.29, 0.717) is 0 Å². The van der Waals surface area contributed by atoms with Crippen molar-refractivity contribution in [1.29, 1.82) is 0 Å². The molecular weight excluding hydrogens is 728 g/mol. The maximum absolute atomic E-state index is 3.62. The maximum atomic E-state index is 3.62. The second-order valence-corrected chi connectivity index (χ2v) is 16.5. The average molecular weight is 773 g/mol. The summed E-state index contributed by atoms with van der Waals surface area (Å²) < 4.78 is 2.13. The van der Waals surface area contributed by atoms with Gasteiger partial charge in [0, 0.05) is 43.1 Å². The number of anilines is 5. The van der Waals surface area contributed by atoms with Crippen molar-refractivity contribution >= 4 is 60.3 Å². The second kappa shape index (κ2) is 14.4. The zero-order valence-corrected chi connectivity index (χ0v) is 32.4. The molecule has 0 bridgehead atoms. The van der Waals surface area contributed by atoms with Crippen LogP contribution in [0.15, 0.2) is 166 Å². The fourth-order valence-corrected chi connectivity index (χ4v) is 6.66. The summed E-state index contributed by atoms with van der Waals surface area (Å²) in [5.41, 5.74) is 12.0. The largest absolute Gasteiger partial charge is 0.311 e. The number of hydrogen-bond donors (Lipinski definition) is 0. The fourth-order valence-electron chi connectivity index (χ4n) is 6.13. The summed E-state index contributed by atoms with van der Waals surface area (Å²) in [6.07, 6.45) is 10.1. The average Bonchev–Trinajstić information content (AvgIpc) is 3.34. The first-order chi connectivity index (χ1) is 23.4. The van der Waals surface area contributed by atoms with Crippen LogP contribution in [0.4, 0.5) is 28.4 Å². The van der Waals surface area contributed by atoms with Crippen LogP contribution in [0.3, 0.4) is 0 Å². The molecule has 248 valence electrons. The van der Waals surface area contributed by atoms with Crippen molar-refractivity contribution in [2.75, 3.05) is 9.80 Å². The van der Waals surface area contributed by atoms with E-state index < -0.39 is 0 Å². The van der Waals surface area contributed by atoms with Gasteiger partial charge >= 0.3 is 0 Å². The van der Waals surface area contributed by atoms with Crippen molar-refractivity contribution < 1.29 is 0 Å². The van der Waals surface area contributed by atoms with E-state index in [-0.39, 0.29) is 10.8 Å². The Morgan fingerprint density at radius 3 is 1.22 bits per heavy atom. The van der Waals surface area contributed by atoms with E-state index in [1.54, 1.807) is 0 Å². The van der Waals surface area contributed by atoms with E-state index in [4.69, 9.17) is 0 Å². The molecule has 0 unspecified atom stereocenters. The fraction of sp³-hybridized carbons (Fsp3) is 0.200. The highest BCUT2D eigenvalue weighted by Gasteiger charge is 2.20. The molecule has 4 heteroatoms. The molecular formula is C45H44Br2N2. The van der Waals surface area contributed by atoms with Gasteiger partial charge in [0.2, 0.25) is 0 Å². The topological polar surface area (TPSA) is 6.48 Å². The van der Waals surface area contributed by atoms with Gasteiger partial charge in [0.05, 0.1) is 0 Å². The molecule has 0 aliphatic heterocycles. The molecule has 0 spiro atoms. The smallest absolute Gasteiger partial charge is 0.0462 e. The minimum absolute atomic E-state index is 0.101. The van der Waals surface area contributed by atoms with Gasteiger partial charge in [0.15, 0.2) is 0 Å². The van der Waals surface area contributed by atoms with Crippen LogP contribution in [-0.4, -0.2) is 0 Å². The highest BCUT2D eigenvalue weighted by molar-refractivity contribution is 9.10. The monoisotopic (exact) mass is 770 g/mol. The summed E-state index contributed by atoms with van der Waals surface area (Å²) in [7, 11) is 0. The molecule has 5 aromatic carbocycles. The van der Waals surface area contributed by atoms with Crippen LogP contribution in [0.5, 0.6) is 0 Å². The number of halogens is 2. The Hall–Kier alpha value is -4.12. The highest BCUT2D eigenvalue weighted by atomic mass is 79.9. The Morgan fingerprint density at radius 2 is 0.816 bits per heavy atom. The van der Waals surface area contributed by atoms with Crippen molar-refractivity contribution in [3.05, 3.63) is 171 Å². The van der Waals surface area contributed by atoms with Crippen LogP contribution in [0, 0.1) is 5.41 Å². The SMILES string of the molecule is CC(C)(C)C1=CCC=C(N(c2ccc(Br)cc2)c2ccc(-c3ccc(N(c4ccc(Br)cc4)c4ccc(C(C)(C)C)cc4)cc3)cc2)C=C1. The van der Waals surface area contributed by atoms with Gasteiger partial charge in [-0.05, 0) is 131 Å². The van der Waals surface area contributed by atoms with E-state index in [1.165, 1.54) is 28.0 Å². The molecule has 0 saturated carbocycles. The van der Waals surface area contributed by atoms with E-state index in [1.807, 2.05) is 0 Å². The molecule has 6 rings (SSSR count). The van der Waals surface area contributed by atoms with Gasteiger partial charge in [-0.3, -0.25) is 0 Å². The summed E-state index contributed by atoms with van der Waals surface area (Å²) in [6.45, 7) is 13.6. The lowest BCUT2D eigenvalue weighted by Gasteiger charge is -2.27. The molecule has 0 amide bonds. The first-order valence-electron chi connectivity index (χ1n) is 16.9.